The number of ether oxygens (including phenoxy) is 2. The molecule has 160 valence electrons. The van der Waals surface area contributed by atoms with E-state index in [0.717, 1.165) is 37.1 Å². The molecule has 2 fully saturated rings. The Balaban J connectivity index is 1.48. The van der Waals surface area contributed by atoms with Crippen LogP contribution in [0, 0.1) is 0 Å². The summed E-state index contributed by atoms with van der Waals surface area (Å²) in [4.78, 5) is 14.4. The molecule has 1 N–H and O–H groups in total. The molecule has 2 bridgehead atoms. The average Bonchev–Trinajstić information content (AvgIpc) is 3.44. The van der Waals surface area contributed by atoms with Crippen molar-refractivity contribution in [3.05, 3.63) is 89.9 Å². The number of esters is 1. The Kier molecular flexibility index (Phi) is 5.51. The van der Waals surface area contributed by atoms with E-state index in [-0.39, 0.29) is 29.8 Å². The van der Waals surface area contributed by atoms with Crippen LogP contribution in [0.15, 0.2) is 77.4 Å². The molecule has 0 saturated carbocycles. The first-order chi connectivity index (χ1) is 15.2. The van der Waals surface area contributed by atoms with E-state index in [4.69, 9.17) is 13.9 Å². The number of hydrogen-bond donors (Lipinski definition) is 1. The number of piperidine rings is 1. The van der Waals surface area contributed by atoms with Gasteiger partial charge in [-0.15, -0.1) is 0 Å². The van der Waals surface area contributed by atoms with Crippen molar-refractivity contribution < 1.29 is 23.6 Å². The van der Waals surface area contributed by atoms with Gasteiger partial charge in [-0.25, -0.2) is 4.79 Å². The maximum absolute atomic E-state index is 12.9. The monoisotopic (exact) mass is 418 g/mol. The summed E-state index contributed by atoms with van der Waals surface area (Å²) in [7, 11) is 1.70. The summed E-state index contributed by atoms with van der Waals surface area (Å²) < 4.78 is 17.2. The Bertz CT molecular complexity index is 1020. The predicted molar refractivity (Wildman–Crippen MR) is 116 cm³/mol. The van der Waals surface area contributed by atoms with Crippen molar-refractivity contribution >= 4 is 5.97 Å². The molecule has 5 atom stereocenters. The van der Waals surface area contributed by atoms with Gasteiger partial charge in [0.15, 0.2) is 6.10 Å². The zero-order valence-electron chi connectivity index (χ0n) is 17.7. The van der Waals surface area contributed by atoms with Crippen molar-refractivity contribution in [2.75, 3.05) is 7.11 Å². The zero-order valence-corrected chi connectivity index (χ0v) is 17.7. The first kappa shape index (κ1) is 19.9. The molecule has 5 heteroatoms. The van der Waals surface area contributed by atoms with E-state index in [9.17, 15) is 4.79 Å². The maximum Gasteiger partial charge on any atom is 0.374 e. The summed E-state index contributed by atoms with van der Waals surface area (Å²) in [6.07, 6.45) is 4.44. The van der Waals surface area contributed by atoms with Gasteiger partial charge in [0, 0.05) is 36.3 Å². The topological polar surface area (TPSA) is 53.1 Å². The Hall–Kier alpha value is -3.05. The van der Waals surface area contributed by atoms with Crippen LogP contribution in [0.2, 0.25) is 0 Å². The second kappa shape index (κ2) is 8.60. The van der Waals surface area contributed by atoms with Crippen LogP contribution in [0.1, 0.15) is 46.9 Å². The average molecular weight is 419 g/mol. The standard InChI is InChI=1S/C26H27NO4/c1-29-23-11-6-5-10-20(23)21-16-19-13-14-22(27(19)17-18-8-3-2-4-9-18)25(21)31-26(28)24-12-7-15-30-24/h2-12,15,19,21-22,25H,13-14,16-17H2,1H3/p+1/t19-,21-,22+,25-/m1/s1. The summed E-state index contributed by atoms with van der Waals surface area (Å²) in [6, 6.07) is 22.9. The summed E-state index contributed by atoms with van der Waals surface area (Å²) in [5, 5.41) is 0. The van der Waals surface area contributed by atoms with Crippen LogP contribution in [0.3, 0.4) is 0 Å². The molecule has 3 aromatic rings. The molecule has 3 heterocycles. The van der Waals surface area contributed by atoms with E-state index >= 15 is 0 Å². The number of carbonyl (C=O) groups is 1. The smallest absolute Gasteiger partial charge is 0.374 e. The SMILES string of the molecule is COc1ccccc1[C@H]1C[C@H]2CC[C@@H]([C@@H]1OC(=O)c1ccco1)[NH+]2Cc1ccccc1. The van der Waals surface area contributed by atoms with Gasteiger partial charge in [0.05, 0.1) is 19.4 Å². The number of quaternary nitrogens is 1. The third-order valence-electron chi connectivity index (χ3n) is 6.91. The third-order valence-corrected chi connectivity index (χ3v) is 6.91. The van der Waals surface area contributed by atoms with Gasteiger partial charge >= 0.3 is 5.97 Å². The number of methoxy groups -OCH3 is 1. The highest BCUT2D eigenvalue weighted by atomic mass is 16.6. The number of nitrogens with one attached hydrogen (secondary N) is 1. The molecular formula is C26H28NO4+. The van der Waals surface area contributed by atoms with E-state index < -0.39 is 0 Å². The highest BCUT2D eigenvalue weighted by Gasteiger charge is 2.53. The highest BCUT2D eigenvalue weighted by Crippen LogP contribution is 2.40. The van der Waals surface area contributed by atoms with Crippen molar-refractivity contribution in [3.63, 3.8) is 0 Å². The van der Waals surface area contributed by atoms with Crippen LogP contribution >= 0.6 is 0 Å². The number of benzene rings is 2. The van der Waals surface area contributed by atoms with E-state index in [1.54, 1.807) is 19.2 Å². The Morgan fingerprint density at radius 1 is 1.03 bits per heavy atom. The van der Waals surface area contributed by atoms with Gasteiger partial charge in [-0.3, -0.25) is 0 Å². The van der Waals surface area contributed by atoms with Crippen LogP contribution in [-0.4, -0.2) is 31.3 Å². The fourth-order valence-electron chi connectivity index (χ4n) is 5.54. The minimum atomic E-state index is -0.390. The minimum Gasteiger partial charge on any atom is -0.496 e. The van der Waals surface area contributed by atoms with Crippen LogP contribution in [0.25, 0.3) is 0 Å². The van der Waals surface area contributed by atoms with E-state index in [0.29, 0.717) is 6.04 Å². The van der Waals surface area contributed by atoms with Gasteiger partial charge in [-0.1, -0.05) is 48.5 Å². The molecule has 5 rings (SSSR count). The summed E-state index contributed by atoms with van der Waals surface area (Å²) >= 11 is 0. The maximum atomic E-state index is 12.9. The van der Waals surface area contributed by atoms with E-state index in [1.807, 2.05) is 18.2 Å². The second-order valence-corrected chi connectivity index (χ2v) is 8.55. The second-order valence-electron chi connectivity index (χ2n) is 8.55. The molecule has 0 amide bonds. The van der Waals surface area contributed by atoms with Gasteiger partial charge in [0.2, 0.25) is 5.76 Å². The van der Waals surface area contributed by atoms with Crippen molar-refractivity contribution in [1.82, 2.24) is 0 Å². The van der Waals surface area contributed by atoms with Gasteiger partial charge in [0.1, 0.15) is 18.3 Å². The van der Waals surface area contributed by atoms with Gasteiger partial charge in [-0.05, 0) is 18.2 Å². The number of carbonyl (C=O) groups excluding carboxylic acids is 1. The number of rotatable bonds is 6. The van der Waals surface area contributed by atoms with Crippen molar-refractivity contribution in [3.8, 4) is 5.75 Å². The van der Waals surface area contributed by atoms with Gasteiger partial charge < -0.3 is 18.8 Å². The van der Waals surface area contributed by atoms with Gasteiger partial charge in [-0.2, -0.15) is 0 Å². The predicted octanol–water partition coefficient (Wildman–Crippen LogP) is 3.62. The summed E-state index contributed by atoms with van der Waals surface area (Å²) in [5.74, 6) is 0.826. The first-order valence-corrected chi connectivity index (χ1v) is 11.0. The minimum absolute atomic E-state index is 0.104. The Morgan fingerprint density at radius 2 is 1.84 bits per heavy atom. The molecule has 2 aliphatic heterocycles. The lowest BCUT2D eigenvalue weighted by Gasteiger charge is -2.41. The largest absolute Gasteiger partial charge is 0.496 e. The lowest BCUT2D eigenvalue weighted by molar-refractivity contribution is -0.958. The molecular weight excluding hydrogens is 390 g/mol. The van der Waals surface area contributed by atoms with Crippen LogP contribution in [-0.2, 0) is 11.3 Å². The molecule has 0 radical (unpaired) electrons. The molecule has 1 aromatic heterocycles. The Morgan fingerprint density at radius 3 is 2.61 bits per heavy atom. The molecule has 2 aromatic carbocycles. The van der Waals surface area contributed by atoms with Crippen LogP contribution < -0.4 is 9.64 Å². The summed E-state index contributed by atoms with van der Waals surface area (Å²) in [6.45, 7) is 0.948. The summed E-state index contributed by atoms with van der Waals surface area (Å²) in [5.41, 5.74) is 2.44. The Labute approximate surface area is 182 Å². The highest BCUT2D eigenvalue weighted by molar-refractivity contribution is 5.86. The fourth-order valence-corrected chi connectivity index (χ4v) is 5.54. The fraction of sp³-hybridized carbons (Fsp3) is 0.346. The number of fused-ring (bicyclic) bond motifs is 2. The molecule has 2 saturated heterocycles. The zero-order chi connectivity index (χ0) is 21.2. The molecule has 0 spiro atoms. The van der Waals surface area contributed by atoms with Crippen molar-refractivity contribution in [2.24, 2.45) is 0 Å². The number of furan rings is 1. The van der Waals surface area contributed by atoms with Crippen molar-refractivity contribution in [1.29, 1.82) is 0 Å². The number of para-hydroxylation sites is 1. The number of hydrogen-bond acceptors (Lipinski definition) is 4. The molecule has 1 unspecified atom stereocenters. The van der Waals surface area contributed by atoms with Gasteiger partial charge in [0.25, 0.3) is 0 Å². The lowest BCUT2D eigenvalue weighted by Crippen LogP contribution is -3.18. The van der Waals surface area contributed by atoms with Crippen LogP contribution in [0.4, 0.5) is 0 Å². The van der Waals surface area contributed by atoms with E-state index in [1.165, 1.54) is 16.7 Å². The van der Waals surface area contributed by atoms with Crippen LogP contribution in [0.5, 0.6) is 5.75 Å². The van der Waals surface area contributed by atoms with E-state index in [2.05, 4.69) is 36.4 Å². The normalized spacial score (nSPS) is 27.1. The molecule has 5 nitrogen and oxygen atoms in total. The first-order valence-electron chi connectivity index (χ1n) is 11.0. The molecule has 2 aliphatic rings. The van der Waals surface area contributed by atoms with Crippen molar-refractivity contribution in [2.45, 2.75) is 49.9 Å². The quantitative estimate of drug-likeness (QED) is 0.622. The third kappa shape index (κ3) is 3.86. The lowest BCUT2D eigenvalue weighted by atomic mass is 9.81. The molecule has 0 aliphatic carbocycles. The molecule has 31 heavy (non-hydrogen) atoms.